The molecule has 3 aromatic rings. The molecule has 1 heterocycles. The van der Waals surface area contributed by atoms with Crippen LogP contribution in [0.5, 0.6) is 5.75 Å². The molecule has 0 saturated carbocycles. The molecule has 0 fully saturated rings. The Morgan fingerprint density at radius 1 is 1.17 bits per heavy atom. The van der Waals surface area contributed by atoms with Crippen LogP contribution in [-0.4, -0.2) is 22.8 Å². The van der Waals surface area contributed by atoms with Crippen molar-refractivity contribution in [2.24, 2.45) is 0 Å². The van der Waals surface area contributed by atoms with Crippen molar-refractivity contribution in [2.75, 3.05) is 7.11 Å². The van der Waals surface area contributed by atoms with E-state index in [1.807, 2.05) is 31.2 Å². The van der Waals surface area contributed by atoms with Gasteiger partial charge in [0.2, 0.25) is 0 Å². The molecule has 4 nitrogen and oxygen atoms in total. The number of benzene rings is 2. The van der Waals surface area contributed by atoms with Crippen LogP contribution in [-0.2, 0) is 17.8 Å². The van der Waals surface area contributed by atoms with Gasteiger partial charge in [0.25, 0.3) is 0 Å². The zero-order valence-corrected chi connectivity index (χ0v) is 14.2. The Labute approximate surface area is 141 Å². The van der Waals surface area contributed by atoms with Gasteiger partial charge in [-0.2, -0.15) is 0 Å². The molecule has 0 saturated heterocycles. The predicted molar refractivity (Wildman–Crippen MR) is 94.8 cm³/mol. The van der Waals surface area contributed by atoms with Crippen LogP contribution in [0.3, 0.4) is 0 Å². The van der Waals surface area contributed by atoms with Gasteiger partial charge in [-0.05, 0) is 43.2 Å². The maximum Gasteiger partial charge on any atom is 0.307 e. The number of carboxylic acid groups (broad SMARTS) is 1. The van der Waals surface area contributed by atoms with Crippen LogP contribution >= 0.6 is 0 Å². The number of rotatable bonds is 5. The Balaban J connectivity index is 2.16. The summed E-state index contributed by atoms with van der Waals surface area (Å²) in [5, 5.41) is 10.2. The van der Waals surface area contributed by atoms with Gasteiger partial charge in [0.05, 0.1) is 13.5 Å². The summed E-state index contributed by atoms with van der Waals surface area (Å²) in [6, 6.07) is 14.2. The van der Waals surface area contributed by atoms with Gasteiger partial charge in [0.15, 0.2) is 0 Å². The Bertz CT molecular complexity index is 909. The average Bonchev–Trinajstić information content (AvgIpc) is 2.79. The first-order valence-electron chi connectivity index (χ1n) is 7.92. The maximum atomic E-state index is 11.3. The molecule has 2 aromatic carbocycles. The Morgan fingerprint density at radius 2 is 1.96 bits per heavy atom. The van der Waals surface area contributed by atoms with E-state index < -0.39 is 5.97 Å². The standard InChI is InChI=1S/C20H21NO3/c1-13-5-4-6-15(9-13)12-21-14(2)17(11-20(22)23)18-10-16(24-3)7-8-19(18)21/h4-10H,11-12H2,1-3H3,(H,22,23). The van der Waals surface area contributed by atoms with Gasteiger partial charge in [-0.1, -0.05) is 29.8 Å². The van der Waals surface area contributed by atoms with Crippen LogP contribution in [0.15, 0.2) is 42.5 Å². The normalized spacial score (nSPS) is 11.0. The van der Waals surface area contributed by atoms with E-state index >= 15 is 0 Å². The number of hydrogen-bond donors (Lipinski definition) is 1. The van der Waals surface area contributed by atoms with Crippen LogP contribution in [0.1, 0.15) is 22.4 Å². The molecule has 0 radical (unpaired) electrons. The fourth-order valence-corrected chi connectivity index (χ4v) is 3.23. The van der Waals surface area contributed by atoms with Gasteiger partial charge in [-0.25, -0.2) is 0 Å². The highest BCUT2D eigenvalue weighted by molar-refractivity contribution is 5.90. The van der Waals surface area contributed by atoms with E-state index in [0.29, 0.717) is 0 Å². The van der Waals surface area contributed by atoms with Gasteiger partial charge in [0, 0.05) is 23.1 Å². The number of ether oxygens (including phenoxy) is 1. The zero-order valence-electron chi connectivity index (χ0n) is 14.2. The summed E-state index contributed by atoms with van der Waals surface area (Å²) in [7, 11) is 1.62. The summed E-state index contributed by atoms with van der Waals surface area (Å²) in [5.74, 6) is -0.0858. The molecule has 0 bridgehead atoms. The molecular formula is C20H21NO3. The smallest absolute Gasteiger partial charge is 0.307 e. The number of aryl methyl sites for hydroxylation is 1. The van der Waals surface area contributed by atoms with Crippen molar-refractivity contribution < 1.29 is 14.6 Å². The summed E-state index contributed by atoms with van der Waals surface area (Å²) in [4.78, 5) is 11.3. The third-order valence-corrected chi connectivity index (χ3v) is 4.41. The Kier molecular flexibility index (Phi) is 4.30. The highest BCUT2D eigenvalue weighted by Crippen LogP contribution is 2.30. The van der Waals surface area contributed by atoms with E-state index in [9.17, 15) is 9.90 Å². The number of aliphatic carboxylic acids is 1. The first kappa shape index (κ1) is 16.1. The molecule has 0 amide bonds. The molecule has 0 aliphatic rings. The van der Waals surface area contributed by atoms with E-state index in [2.05, 4.69) is 29.7 Å². The second-order valence-corrected chi connectivity index (χ2v) is 6.09. The molecular weight excluding hydrogens is 302 g/mol. The molecule has 4 heteroatoms. The maximum absolute atomic E-state index is 11.3. The molecule has 24 heavy (non-hydrogen) atoms. The average molecular weight is 323 g/mol. The largest absolute Gasteiger partial charge is 0.497 e. The number of carbonyl (C=O) groups is 1. The number of methoxy groups -OCH3 is 1. The second-order valence-electron chi connectivity index (χ2n) is 6.09. The summed E-state index contributed by atoms with van der Waals surface area (Å²) in [6.07, 6.45) is 0.0102. The first-order valence-corrected chi connectivity index (χ1v) is 7.92. The van der Waals surface area contributed by atoms with Crippen LogP contribution in [0.2, 0.25) is 0 Å². The van der Waals surface area contributed by atoms with Crippen molar-refractivity contribution >= 4 is 16.9 Å². The lowest BCUT2D eigenvalue weighted by atomic mass is 10.1. The third kappa shape index (κ3) is 3.00. The summed E-state index contributed by atoms with van der Waals surface area (Å²) in [5.41, 5.74) is 5.29. The van der Waals surface area contributed by atoms with Gasteiger partial charge >= 0.3 is 5.97 Å². The number of aromatic nitrogens is 1. The van der Waals surface area contributed by atoms with Gasteiger partial charge in [-0.15, -0.1) is 0 Å². The van der Waals surface area contributed by atoms with Crippen molar-refractivity contribution in [1.29, 1.82) is 0 Å². The van der Waals surface area contributed by atoms with Gasteiger partial charge in [-0.3, -0.25) is 4.79 Å². The molecule has 0 unspecified atom stereocenters. The Hall–Kier alpha value is -2.75. The van der Waals surface area contributed by atoms with Crippen molar-refractivity contribution in [3.05, 3.63) is 64.8 Å². The molecule has 3 rings (SSSR count). The monoisotopic (exact) mass is 323 g/mol. The molecule has 124 valence electrons. The van der Waals surface area contributed by atoms with Crippen LogP contribution < -0.4 is 4.74 Å². The lowest BCUT2D eigenvalue weighted by Gasteiger charge is -2.10. The minimum absolute atomic E-state index is 0.0102. The molecule has 1 N–H and O–H groups in total. The van der Waals surface area contributed by atoms with Crippen molar-refractivity contribution in [1.82, 2.24) is 4.57 Å². The van der Waals surface area contributed by atoms with E-state index in [1.54, 1.807) is 7.11 Å². The zero-order chi connectivity index (χ0) is 17.3. The topological polar surface area (TPSA) is 51.5 Å². The quantitative estimate of drug-likeness (QED) is 0.773. The first-order chi connectivity index (χ1) is 11.5. The number of fused-ring (bicyclic) bond motifs is 1. The lowest BCUT2D eigenvalue weighted by molar-refractivity contribution is -0.136. The van der Waals surface area contributed by atoms with Crippen LogP contribution in [0, 0.1) is 13.8 Å². The van der Waals surface area contributed by atoms with E-state index in [-0.39, 0.29) is 6.42 Å². The minimum atomic E-state index is -0.824. The van der Waals surface area contributed by atoms with Crippen molar-refractivity contribution in [3.63, 3.8) is 0 Å². The molecule has 0 spiro atoms. The lowest BCUT2D eigenvalue weighted by Crippen LogP contribution is -2.05. The van der Waals surface area contributed by atoms with Crippen LogP contribution in [0.4, 0.5) is 0 Å². The fourth-order valence-electron chi connectivity index (χ4n) is 3.23. The van der Waals surface area contributed by atoms with E-state index in [1.165, 1.54) is 11.1 Å². The SMILES string of the molecule is COc1ccc2c(c1)c(CC(=O)O)c(C)n2Cc1cccc(C)c1. The van der Waals surface area contributed by atoms with Crippen molar-refractivity contribution in [3.8, 4) is 5.75 Å². The molecule has 1 aromatic heterocycles. The summed E-state index contributed by atoms with van der Waals surface area (Å²) in [6.45, 7) is 4.78. The molecule has 0 aliphatic carbocycles. The number of carboxylic acids is 1. The summed E-state index contributed by atoms with van der Waals surface area (Å²) < 4.78 is 7.49. The molecule has 0 atom stereocenters. The summed E-state index contributed by atoms with van der Waals surface area (Å²) >= 11 is 0. The fraction of sp³-hybridized carbons (Fsp3) is 0.250. The molecule has 0 aliphatic heterocycles. The number of hydrogen-bond acceptors (Lipinski definition) is 2. The highest BCUT2D eigenvalue weighted by Gasteiger charge is 2.17. The van der Waals surface area contributed by atoms with Gasteiger partial charge in [0.1, 0.15) is 5.75 Å². The third-order valence-electron chi connectivity index (χ3n) is 4.41. The van der Waals surface area contributed by atoms with Gasteiger partial charge < -0.3 is 14.4 Å². The highest BCUT2D eigenvalue weighted by atomic mass is 16.5. The second kappa shape index (κ2) is 6.40. The van der Waals surface area contributed by atoms with E-state index in [4.69, 9.17) is 4.74 Å². The minimum Gasteiger partial charge on any atom is -0.497 e. The number of nitrogens with zero attached hydrogens (tertiary/aromatic N) is 1. The van der Waals surface area contributed by atoms with E-state index in [0.717, 1.165) is 34.5 Å². The predicted octanol–water partition coefficient (Wildman–Crippen LogP) is 3.94. The van der Waals surface area contributed by atoms with Crippen molar-refractivity contribution in [2.45, 2.75) is 26.8 Å². The van der Waals surface area contributed by atoms with Crippen LogP contribution in [0.25, 0.3) is 10.9 Å². The Morgan fingerprint density at radius 3 is 2.62 bits per heavy atom.